The fourth-order valence-electron chi connectivity index (χ4n) is 3.25. The van der Waals surface area contributed by atoms with Crippen molar-refractivity contribution in [1.82, 2.24) is 30.3 Å². The van der Waals surface area contributed by atoms with E-state index in [4.69, 9.17) is 9.47 Å². The Kier molecular flexibility index (Phi) is 10.6. The fraction of sp³-hybridized carbons (Fsp3) is 0.280. The lowest BCUT2D eigenvalue weighted by molar-refractivity contribution is -0.123. The summed E-state index contributed by atoms with van der Waals surface area (Å²) in [6, 6.07) is 16.5. The van der Waals surface area contributed by atoms with Gasteiger partial charge in [0.05, 0.1) is 18.9 Å². The molecule has 0 radical (unpaired) electrons. The molecule has 2 heterocycles. The van der Waals surface area contributed by atoms with Gasteiger partial charge in [0.25, 0.3) is 5.91 Å². The molecule has 0 spiro atoms. The molecule has 204 valence electrons. The minimum Gasteiger partial charge on any atom is -0.494 e. The first-order valence-corrected chi connectivity index (χ1v) is 14.9. The minimum absolute atomic E-state index is 0.0856. The average Bonchev–Trinajstić information content (AvgIpc) is 3.57. The molecule has 0 saturated carbocycles. The van der Waals surface area contributed by atoms with E-state index in [-0.39, 0.29) is 30.7 Å². The number of thioether (sulfide) groups is 2. The van der Waals surface area contributed by atoms with E-state index < -0.39 is 0 Å². The maximum atomic E-state index is 12.6. The van der Waals surface area contributed by atoms with Crippen LogP contribution >= 0.6 is 34.9 Å². The van der Waals surface area contributed by atoms with Crippen LogP contribution in [0, 0.1) is 0 Å². The molecule has 0 unspecified atom stereocenters. The quantitative estimate of drug-likeness (QED) is 0.165. The van der Waals surface area contributed by atoms with E-state index in [1.54, 1.807) is 28.5 Å². The second-order valence-electron chi connectivity index (χ2n) is 7.68. The van der Waals surface area contributed by atoms with Gasteiger partial charge in [-0.1, -0.05) is 60.0 Å². The smallest absolute Gasteiger partial charge is 0.258 e. The summed E-state index contributed by atoms with van der Waals surface area (Å²) in [6.07, 6.45) is 0. The number of benzene rings is 2. The SMILES string of the molecule is CCOc1ccc(-n2c(CNC(=O)COc3ccccc3)nnc2SCC(=O)Nc2nnc(SCC)s2)cc1. The maximum absolute atomic E-state index is 12.6. The molecule has 2 amide bonds. The molecule has 2 N–H and O–H groups in total. The highest BCUT2D eigenvalue weighted by atomic mass is 32.2. The number of carbonyl (C=O) groups is 2. The number of anilines is 1. The van der Waals surface area contributed by atoms with Crippen LogP contribution in [0.2, 0.25) is 0 Å². The van der Waals surface area contributed by atoms with Gasteiger partial charge in [0.1, 0.15) is 11.5 Å². The molecule has 2 aromatic heterocycles. The van der Waals surface area contributed by atoms with Gasteiger partial charge < -0.3 is 14.8 Å². The second kappa shape index (κ2) is 14.5. The van der Waals surface area contributed by atoms with Gasteiger partial charge in [0, 0.05) is 5.69 Å². The minimum atomic E-state index is -0.300. The Morgan fingerprint density at radius 1 is 0.897 bits per heavy atom. The van der Waals surface area contributed by atoms with Gasteiger partial charge in [-0.3, -0.25) is 19.5 Å². The largest absolute Gasteiger partial charge is 0.494 e. The Morgan fingerprint density at radius 3 is 2.41 bits per heavy atom. The van der Waals surface area contributed by atoms with Crippen LogP contribution in [0.4, 0.5) is 5.13 Å². The van der Waals surface area contributed by atoms with Crippen molar-refractivity contribution in [1.29, 1.82) is 0 Å². The van der Waals surface area contributed by atoms with Crippen LogP contribution in [0.5, 0.6) is 11.5 Å². The number of nitrogens with one attached hydrogen (secondary N) is 2. The number of hydrogen-bond donors (Lipinski definition) is 2. The number of ether oxygens (including phenoxy) is 2. The van der Waals surface area contributed by atoms with Crippen molar-refractivity contribution in [3.8, 4) is 17.2 Å². The van der Waals surface area contributed by atoms with Crippen LogP contribution in [0.1, 0.15) is 19.7 Å². The first kappa shape index (κ1) is 28.4. The van der Waals surface area contributed by atoms with Crippen molar-refractivity contribution in [2.45, 2.75) is 29.9 Å². The summed E-state index contributed by atoms with van der Waals surface area (Å²) >= 11 is 4.12. The Morgan fingerprint density at radius 2 is 1.67 bits per heavy atom. The van der Waals surface area contributed by atoms with Gasteiger partial charge in [-0.25, -0.2) is 0 Å². The predicted molar refractivity (Wildman–Crippen MR) is 152 cm³/mol. The van der Waals surface area contributed by atoms with Crippen molar-refractivity contribution in [2.24, 2.45) is 0 Å². The first-order chi connectivity index (χ1) is 19.1. The van der Waals surface area contributed by atoms with Crippen LogP contribution < -0.4 is 20.1 Å². The van der Waals surface area contributed by atoms with Crippen LogP contribution in [0.25, 0.3) is 5.69 Å². The molecule has 0 aliphatic rings. The number of para-hydroxylation sites is 1. The first-order valence-electron chi connectivity index (χ1n) is 12.1. The Hall–Kier alpha value is -3.62. The van der Waals surface area contributed by atoms with E-state index in [0.29, 0.717) is 28.5 Å². The van der Waals surface area contributed by atoms with Gasteiger partial charge >= 0.3 is 0 Å². The molecule has 39 heavy (non-hydrogen) atoms. The molecule has 11 nitrogen and oxygen atoms in total. The average molecular weight is 586 g/mol. The second-order valence-corrected chi connectivity index (χ2v) is 11.1. The molecule has 0 saturated heterocycles. The van der Waals surface area contributed by atoms with E-state index in [1.165, 1.54) is 23.1 Å². The molecule has 14 heteroatoms. The standard InChI is InChI=1S/C25H27N7O4S3/c1-3-35-19-12-10-17(11-13-19)32-20(14-26-21(33)15-36-18-8-6-5-7-9-18)28-30-24(32)38-16-22(34)27-23-29-31-25(39-23)37-4-2/h5-13H,3-4,14-16H2,1-2H3,(H,26,33)(H,27,29,34). The van der Waals surface area contributed by atoms with Crippen molar-refractivity contribution in [2.75, 3.05) is 30.0 Å². The zero-order valence-corrected chi connectivity index (χ0v) is 23.8. The number of aromatic nitrogens is 5. The van der Waals surface area contributed by atoms with Crippen molar-refractivity contribution in [3.05, 3.63) is 60.4 Å². The van der Waals surface area contributed by atoms with Crippen molar-refractivity contribution >= 4 is 51.8 Å². The molecular formula is C25H27N7O4S3. The highest BCUT2D eigenvalue weighted by Gasteiger charge is 2.18. The highest BCUT2D eigenvalue weighted by Crippen LogP contribution is 2.27. The summed E-state index contributed by atoms with van der Waals surface area (Å²) < 4.78 is 13.7. The Bertz CT molecular complexity index is 1360. The Balaban J connectivity index is 1.43. The summed E-state index contributed by atoms with van der Waals surface area (Å²) in [5.74, 6) is 2.26. The van der Waals surface area contributed by atoms with Gasteiger partial charge in [-0.15, -0.1) is 20.4 Å². The van der Waals surface area contributed by atoms with Gasteiger partial charge in [0.15, 0.2) is 21.9 Å². The maximum Gasteiger partial charge on any atom is 0.258 e. The third-order valence-electron chi connectivity index (χ3n) is 4.92. The number of amides is 2. The zero-order valence-electron chi connectivity index (χ0n) is 21.3. The van der Waals surface area contributed by atoms with E-state index in [1.807, 2.05) is 56.3 Å². The van der Waals surface area contributed by atoms with E-state index >= 15 is 0 Å². The number of rotatable bonds is 14. The van der Waals surface area contributed by atoms with E-state index in [2.05, 4.69) is 31.0 Å². The summed E-state index contributed by atoms with van der Waals surface area (Å²) in [5, 5.41) is 23.2. The van der Waals surface area contributed by atoms with Gasteiger partial charge in [-0.2, -0.15) is 0 Å². The van der Waals surface area contributed by atoms with Crippen LogP contribution in [-0.4, -0.2) is 61.5 Å². The third-order valence-corrected chi connectivity index (χ3v) is 7.70. The zero-order chi connectivity index (χ0) is 27.5. The predicted octanol–water partition coefficient (Wildman–Crippen LogP) is 4.06. The molecule has 2 aromatic carbocycles. The molecule has 0 aliphatic heterocycles. The molecule has 0 bridgehead atoms. The van der Waals surface area contributed by atoms with Gasteiger partial charge in [0.2, 0.25) is 11.0 Å². The lowest BCUT2D eigenvalue weighted by atomic mass is 10.3. The Labute approximate surface area is 238 Å². The monoisotopic (exact) mass is 585 g/mol. The summed E-state index contributed by atoms with van der Waals surface area (Å²) in [5.41, 5.74) is 0.765. The van der Waals surface area contributed by atoms with E-state index in [0.717, 1.165) is 21.5 Å². The number of hydrogen-bond acceptors (Lipinski definition) is 11. The van der Waals surface area contributed by atoms with Crippen LogP contribution in [-0.2, 0) is 16.1 Å². The summed E-state index contributed by atoms with van der Waals surface area (Å²) in [7, 11) is 0. The topological polar surface area (TPSA) is 133 Å². The third kappa shape index (κ3) is 8.43. The summed E-state index contributed by atoms with van der Waals surface area (Å²) in [6.45, 7) is 4.48. The molecule has 4 rings (SSSR count). The fourth-order valence-corrected chi connectivity index (χ4v) is 5.68. The molecule has 0 fully saturated rings. The lowest BCUT2D eigenvalue weighted by Crippen LogP contribution is -2.29. The molecular weight excluding hydrogens is 559 g/mol. The highest BCUT2D eigenvalue weighted by molar-refractivity contribution is 8.01. The molecule has 0 aliphatic carbocycles. The molecule has 0 atom stereocenters. The van der Waals surface area contributed by atoms with E-state index in [9.17, 15) is 9.59 Å². The summed E-state index contributed by atoms with van der Waals surface area (Å²) in [4.78, 5) is 25.0. The normalized spacial score (nSPS) is 10.7. The van der Waals surface area contributed by atoms with Crippen molar-refractivity contribution < 1.29 is 19.1 Å². The van der Waals surface area contributed by atoms with Crippen LogP contribution in [0.3, 0.4) is 0 Å². The molecule has 4 aromatic rings. The van der Waals surface area contributed by atoms with Crippen LogP contribution in [0.15, 0.2) is 64.1 Å². The number of nitrogens with zero attached hydrogens (tertiary/aromatic N) is 5. The number of carbonyl (C=O) groups excluding carboxylic acids is 2. The van der Waals surface area contributed by atoms with Crippen molar-refractivity contribution in [3.63, 3.8) is 0 Å². The lowest BCUT2D eigenvalue weighted by Gasteiger charge is -2.12. The van der Waals surface area contributed by atoms with Gasteiger partial charge in [-0.05, 0) is 49.1 Å².